The van der Waals surface area contributed by atoms with Crippen LogP contribution in [-0.4, -0.2) is 24.1 Å². The van der Waals surface area contributed by atoms with Gasteiger partial charge in [0.2, 0.25) is 0 Å². The Bertz CT molecular complexity index is 634. The normalized spacial score (nSPS) is 19.7. The summed E-state index contributed by atoms with van der Waals surface area (Å²) in [5.74, 6) is 0. The lowest BCUT2D eigenvalue weighted by molar-refractivity contribution is -0.136. The van der Waals surface area contributed by atoms with Gasteiger partial charge in [-0.2, -0.15) is 13.2 Å². The summed E-state index contributed by atoms with van der Waals surface area (Å²) >= 11 is 0. The predicted octanol–water partition coefficient (Wildman–Crippen LogP) is 3.42. The van der Waals surface area contributed by atoms with E-state index in [1.807, 2.05) is 0 Å². The van der Waals surface area contributed by atoms with Gasteiger partial charge in [-0.15, -0.1) is 0 Å². The molecular weight excluding hydrogens is 279 g/mol. The molecule has 0 aliphatic carbocycles. The second kappa shape index (κ2) is 5.52. The summed E-state index contributed by atoms with van der Waals surface area (Å²) in [7, 11) is 0. The minimum Gasteiger partial charge on any atom is -0.380 e. The number of pyridine rings is 1. The Morgan fingerprint density at radius 1 is 1.24 bits per heavy atom. The number of hydrogen-bond acceptors (Lipinski definition) is 3. The van der Waals surface area contributed by atoms with E-state index in [1.165, 1.54) is 12.3 Å². The first-order chi connectivity index (χ1) is 10.1. The van der Waals surface area contributed by atoms with Crippen molar-refractivity contribution in [2.24, 2.45) is 0 Å². The molecular formula is C15H16F3N3. The summed E-state index contributed by atoms with van der Waals surface area (Å²) < 4.78 is 39.1. The van der Waals surface area contributed by atoms with E-state index in [9.17, 15) is 13.2 Å². The maximum absolute atomic E-state index is 13.0. The van der Waals surface area contributed by atoms with E-state index in [0.717, 1.165) is 32.0 Å². The van der Waals surface area contributed by atoms with Crippen LogP contribution in [0, 0.1) is 0 Å². The summed E-state index contributed by atoms with van der Waals surface area (Å²) in [5, 5.41) is 7.13. The van der Waals surface area contributed by atoms with Crippen LogP contribution in [0.4, 0.5) is 18.9 Å². The number of nitrogens with one attached hydrogen (secondary N) is 2. The Morgan fingerprint density at radius 2 is 2.10 bits per heavy atom. The van der Waals surface area contributed by atoms with Gasteiger partial charge < -0.3 is 10.6 Å². The van der Waals surface area contributed by atoms with Crippen LogP contribution in [0.25, 0.3) is 10.9 Å². The molecule has 2 heterocycles. The van der Waals surface area contributed by atoms with Gasteiger partial charge in [-0.25, -0.2) is 0 Å². The van der Waals surface area contributed by atoms with Crippen molar-refractivity contribution in [3.8, 4) is 0 Å². The molecule has 1 fully saturated rings. The second-order valence-corrected chi connectivity index (χ2v) is 5.25. The average molecular weight is 295 g/mol. The molecule has 0 radical (unpaired) electrons. The van der Waals surface area contributed by atoms with Crippen molar-refractivity contribution in [3.05, 3.63) is 36.0 Å². The van der Waals surface area contributed by atoms with Crippen molar-refractivity contribution in [1.82, 2.24) is 10.3 Å². The zero-order chi connectivity index (χ0) is 14.9. The van der Waals surface area contributed by atoms with E-state index in [0.29, 0.717) is 11.1 Å². The van der Waals surface area contributed by atoms with Gasteiger partial charge in [-0.1, -0.05) is 0 Å². The molecule has 2 aromatic rings. The van der Waals surface area contributed by atoms with Crippen LogP contribution >= 0.6 is 0 Å². The lowest BCUT2D eigenvalue weighted by atomic mass is 10.0. The fourth-order valence-electron chi connectivity index (χ4n) is 2.72. The third-order valence-electron chi connectivity index (χ3n) is 3.73. The van der Waals surface area contributed by atoms with Crippen molar-refractivity contribution in [2.75, 3.05) is 18.4 Å². The van der Waals surface area contributed by atoms with Crippen molar-refractivity contribution in [1.29, 1.82) is 0 Å². The Balaban J connectivity index is 2.00. The number of hydrogen-bond donors (Lipinski definition) is 2. The van der Waals surface area contributed by atoms with E-state index in [2.05, 4.69) is 15.6 Å². The number of fused-ring (bicyclic) bond motifs is 1. The number of alkyl halides is 3. The number of anilines is 1. The van der Waals surface area contributed by atoms with Crippen molar-refractivity contribution in [3.63, 3.8) is 0 Å². The monoisotopic (exact) mass is 295 g/mol. The number of piperidine rings is 1. The largest absolute Gasteiger partial charge is 0.418 e. The van der Waals surface area contributed by atoms with Crippen LogP contribution in [0.3, 0.4) is 0 Å². The van der Waals surface area contributed by atoms with Crippen LogP contribution in [0.15, 0.2) is 30.5 Å². The highest BCUT2D eigenvalue weighted by Gasteiger charge is 2.33. The molecule has 3 nitrogen and oxygen atoms in total. The molecule has 112 valence electrons. The Morgan fingerprint density at radius 3 is 2.81 bits per heavy atom. The molecule has 1 unspecified atom stereocenters. The SMILES string of the molecule is FC(F)(F)c1ccc(NC2CCCNC2)c2cccnc12. The Hall–Kier alpha value is -1.82. The van der Waals surface area contributed by atoms with Gasteiger partial charge in [-0.3, -0.25) is 4.98 Å². The highest BCUT2D eigenvalue weighted by atomic mass is 19.4. The zero-order valence-electron chi connectivity index (χ0n) is 11.4. The molecule has 2 N–H and O–H groups in total. The summed E-state index contributed by atoms with van der Waals surface area (Å²) in [6, 6.07) is 6.18. The van der Waals surface area contributed by atoms with Gasteiger partial charge in [0.15, 0.2) is 0 Å². The van der Waals surface area contributed by atoms with Crippen LogP contribution in [0.1, 0.15) is 18.4 Å². The molecule has 1 saturated heterocycles. The van der Waals surface area contributed by atoms with Crippen molar-refractivity contribution < 1.29 is 13.2 Å². The van der Waals surface area contributed by atoms with Crippen molar-refractivity contribution in [2.45, 2.75) is 25.1 Å². The van der Waals surface area contributed by atoms with Crippen LogP contribution < -0.4 is 10.6 Å². The molecule has 0 amide bonds. The van der Waals surface area contributed by atoms with E-state index in [4.69, 9.17) is 0 Å². The lowest BCUT2D eigenvalue weighted by Crippen LogP contribution is -2.38. The molecule has 3 rings (SSSR count). The summed E-state index contributed by atoms with van der Waals surface area (Å²) in [6.07, 6.45) is -0.925. The van der Waals surface area contributed by atoms with Crippen LogP contribution in [0.5, 0.6) is 0 Å². The lowest BCUT2D eigenvalue weighted by Gasteiger charge is -2.25. The van der Waals surface area contributed by atoms with Crippen LogP contribution in [-0.2, 0) is 6.18 Å². The summed E-state index contributed by atoms with van der Waals surface area (Å²) in [5.41, 5.74) is 0.0176. The molecule has 21 heavy (non-hydrogen) atoms. The number of benzene rings is 1. The first-order valence-corrected chi connectivity index (χ1v) is 6.98. The highest BCUT2D eigenvalue weighted by Crippen LogP contribution is 2.36. The van der Waals surface area contributed by atoms with E-state index >= 15 is 0 Å². The summed E-state index contributed by atoms with van der Waals surface area (Å²) in [6.45, 7) is 1.82. The Labute approximate surface area is 120 Å². The fourth-order valence-corrected chi connectivity index (χ4v) is 2.72. The third-order valence-corrected chi connectivity index (χ3v) is 3.73. The standard InChI is InChI=1S/C15H16F3N3/c16-15(17,18)12-5-6-13(11-4-2-8-20-14(11)12)21-10-3-1-7-19-9-10/h2,4-6,8,10,19,21H,1,3,7,9H2. The topological polar surface area (TPSA) is 37.0 Å². The molecule has 1 aliphatic rings. The van der Waals surface area contributed by atoms with E-state index in [-0.39, 0.29) is 11.6 Å². The maximum atomic E-state index is 13.0. The van der Waals surface area contributed by atoms with Gasteiger partial charge in [-0.05, 0) is 43.7 Å². The first-order valence-electron chi connectivity index (χ1n) is 6.98. The van der Waals surface area contributed by atoms with Gasteiger partial charge in [0.25, 0.3) is 0 Å². The van der Waals surface area contributed by atoms with Gasteiger partial charge in [0.1, 0.15) is 0 Å². The number of rotatable bonds is 2. The smallest absolute Gasteiger partial charge is 0.380 e. The fraction of sp³-hybridized carbons (Fsp3) is 0.400. The number of aromatic nitrogens is 1. The molecule has 0 spiro atoms. The predicted molar refractivity (Wildman–Crippen MR) is 76.3 cm³/mol. The molecule has 1 aliphatic heterocycles. The van der Waals surface area contributed by atoms with Crippen LogP contribution in [0.2, 0.25) is 0 Å². The Kier molecular flexibility index (Phi) is 3.71. The summed E-state index contributed by atoms with van der Waals surface area (Å²) in [4.78, 5) is 3.93. The van der Waals surface area contributed by atoms with Gasteiger partial charge >= 0.3 is 6.18 Å². The molecule has 1 aromatic heterocycles. The van der Waals surface area contributed by atoms with E-state index < -0.39 is 11.7 Å². The first kappa shape index (κ1) is 14.1. The maximum Gasteiger partial charge on any atom is 0.418 e. The zero-order valence-corrected chi connectivity index (χ0v) is 11.4. The minimum absolute atomic E-state index is 0.00114. The molecule has 0 saturated carbocycles. The minimum atomic E-state index is -4.39. The number of halogens is 3. The average Bonchev–Trinajstić information content (AvgIpc) is 2.47. The van der Waals surface area contributed by atoms with Gasteiger partial charge in [0, 0.05) is 29.9 Å². The highest BCUT2D eigenvalue weighted by molar-refractivity contribution is 5.93. The quantitative estimate of drug-likeness (QED) is 0.891. The third kappa shape index (κ3) is 2.95. The van der Waals surface area contributed by atoms with Gasteiger partial charge in [0.05, 0.1) is 11.1 Å². The molecule has 0 bridgehead atoms. The molecule has 6 heteroatoms. The molecule has 1 atom stereocenters. The molecule has 1 aromatic carbocycles. The second-order valence-electron chi connectivity index (χ2n) is 5.25. The van der Waals surface area contributed by atoms with E-state index in [1.54, 1.807) is 12.1 Å². The van der Waals surface area contributed by atoms with Crippen molar-refractivity contribution >= 4 is 16.6 Å². The number of nitrogens with zero attached hydrogens (tertiary/aromatic N) is 1.